The maximum absolute atomic E-state index is 9.81. The molecule has 5 nitrogen and oxygen atoms in total. The van der Waals surface area contributed by atoms with Gasteiger partial charge in [0.25, 0.3) is 0 Å². The van der Waals surface area contributed by atoms with E-state index >= 15 is 0 Å². The minimum Gasteiger partial charge on any atom is -0.432 e. The van der Waals surface area contributed by atoms with Crippen LogP contribution in [0.25, 0.3) is 5.65 Å². The van der Waals surface area contributed by atoms with Gasteiger partial charge in [0.05, 0.1) is 15.6 Å². The van der Waals surface area contributed by atoms with Gasteiger partial charge in [0.2, 0.25) is 0 Å². The van der Waals surface area contributed by atoms with E-state index in [2.05, 4.69) is 26.0 Å². The Bertz CT molecular complexity index is 622. The molecule has 3 heterocycles. The zero-order valence-corrected chi connectivity index (χ0v) is 12.6. The molecular weight excluding hydrogens is 338 g/mol. The molecule has 0 spiro atoms. The molecule has 1 N–H and O–H groups in total. The fourth-order valence-corrected chi connectivity index (χ4v) is 3.65. The highest BCUT2D eigenvalue weighted by Gasteiger charge is 2.28. The Morgan fingerprint density at radius 2 is 2.39 bits per heavy atom. The highest BCUT2D eigenvalue weighted by atomic mass is 79.9. The van der Waals surface area contributed by atoms with Crippen LogP contribution in [0.15, 0.2) is 15.6 Å². The van der Waals surface area contributed by atoms with Crippen molar-refractivity contribution in [1.29, 1.82) is 0 Å². The maximum atomic E-state index is 9.81. The summed E-state index contributed by atoms with van der Waals surface area (Å²) in [5.41, 5.74) is 0.659. The Balaban J connectivity index is 2.29. The summed E-state index contributed by atoms with van der Waals surface area (Å²) in [5.74, 6) is 1.59. The molecule has 0 radical (unpaired) electrons. The number of nitrogens with zero attached hydrogens (tertiary/aromatic N) is 4. The van der Waals surface area contributed by atoms with Gasteiger partial charge in [-0.05, 0) is 22.8 Å². The first kappa shape index (κ1) is 12.6. The van der Waals surface area contributed by atoms with Gasteiger partial charge in [0, 0.05) is 12.3 Å². The van der Waals surface area contributed by atoms with Crippen molar-refractivity contribution in [2.75, 3.05) is 17.1 Å². The van der Waals surface area contributed by atoms with E-state index in [1.54, 1.807) is 29.3 Å². The Morgan fingerprint density at radius 3 is 3.11 bits per heavy atom. The van der Waals surface area contributed by atoms with Crippen LogP contribution in [0.2, 0.25) is 12.0 Å². The number of rotatable bonds is 1. The standard InChI is InChI=1S/C9H9BBrClN4OS/c1-10(17)15-2-3-18-6-7(12)16-8(14-9(6)15)5(11)4-13-16/h4,17H,2-3H2,1H3. The predicted molar refractivity (Wildman–Crippen MR) is 77.6 cm³/mol. The lowest BCUT2D eigenvalue weighted by atomic mass is 9.85. The van der Waals surface area contributed by atoms with E-state index in [1.807, 2.05) is 4.81 Å². The number of aromatic nitrogens is 3. The van der Waals surface area contributed by atoms with Gasteiger partial charge < -0.3 is 9.83 Å². The number of anilines is 1. The highest BCUT2D eigenvalue weighted by molar-refractivity contribution is 9.10. The SMILES string of the molecule is CB(O)N1CCSc2c1nc1c(Br)cnn1c2Cl. The minimum absolute atomic E-state index is 0.538. The van der Waals surface area contributed by atoms with Gasteiger partial charge in [-0.25, -0.2) is 9.50 Å². The topological polar surface area (TPSA) is 53.7 Å². The second-order valence-electron chi connectivity index (χ2n) is 3.96. The van der Waals surface area contributed by atoms with Gasteiger partial charge in [-0.1, -0.05) is 11.6 Å². The summed E-state index contributed by atoms with van der Waals surface area (Å²) in [6.07, 6.45) is 1.66. The number of halogens is 2. The van der Waals surface area contributed by atoms with Crippen molar-refractivity contribution in [1.82, 2.24) is 14.6 Å². The lowest BCUT2D eigenvalue weighted by molar-refractivity contribution is 0.569. The molecule has 0 atom stereocenters. The molecule has 2 aromatic rings. The van der Waals surface area contributed by atoms with Crippen molar-refractivity contribution in [2.24, 2.45) is 0 Å². The van der Waals surface area contributed by atoms with Gasteiger partial charge >= 0.3 is 7.05 Å². The van der Waals surface area contributed by atoms with Crippen molar-refractivity contribution >= 4 is 57.8 Å². The summed E-state index contributed by atoms with van der Waals surface area (Å²) in [6, 6.07) is 0. The first-order valence-corrected chi connectivity index (χ1v) is 7.55. The Morgan fingerprint density at radius 1 is 1.61 bits per heavy atom. The molecule has 0 aromatic carbocycles. The fourth-order valence-electron chi connectivity index (χ4n) is 1.94. The third-order valence-corrected chi connectivity index (χ3v) is 4.86. The zero-order chi connectivity index (χ0) is 12.9. The normalized spacial score (nSPS) is 15.0. The molecule has 1 aliphatic rings. The molecule has 18 heavy (non-hydrogen) atoms. The molecule has 0 fully saturated rings. The molecular formula is C9H9BBrClN4OS. The third-order valence-electron chi connectivity index (χ3n) is 2.79. The fraction of sp³-hybridized carbons (Fsp3) is 0.333. The van der Waals surface area contributed by atoms with Gasteiger partial charge in [0.1, 0.15) is 11.0 Å². The van der Waals surface area contributed by atoms with E-state index in [-0.39, 0.29) is 0 Å². The van der Waals surface area contributed by atoms with E-state index in [4.69, 9.17) is 11.6 Å². The van der Waals surface area contributed by atoms with Gasteiger partial charge in [-0.3, -0.25) is 0 Å². The summed E-state index contributed by atoms with van der Waals surface area (Å²) in [7, 11) is -0.586. The average molecular weight is 347 g/mol. The molecule has 0 aliphatic carbocycles. The van der Waals surface area contributed by atoms with Crippen LogP contribution in [-0.2, 0) is 0 Å². The molecule has 0 bridgehead atoms. The summed E-state index contributed by atoms with van der Waals surface area (Å²) < 4.78 is 2.39. The van der Waals surface area contributed by atoms with E-state index in [1.165, 1.54) is 0 Å². The lowest BCUT2D eigenvalue weighted by Gasteiger charge is -2.30. The number of hydrogen-bond acceptors (Lipinski definition) is 5. The van der Waals surface area contributed by atoms with Crippen LogP contribution in [0.4, 0.5) is 5.82 Å². The van der Waals surface area contributed by atoms with Crippen LogP contribution >= 0.6 is 39.3 Å². The van der Waals surface area contributed by atoms with Crippen molar-refractivity contribution in [3.05, 3.63) is 15.8 Å². The molecule has 1 aliphatic heterocycles. The molecule has 0 saturated carbocycles. The van der Waals surface area contributed by atoms with Crippen molar-refractivity contribution < 1.29 is 5.02 Å². The summed E-state index contributed by atoms with van der Waals surface area (Å²) in [4.78, 5) is 7.26. The quantitative estimate of drug-likeness (QED) is 0.633. The molecule has 0 amide bonds. The molecule has 94 valence electrons. The van der Waals surface area contributed by atoms with Crippen molar-refractivity contribution in [3.63, 3.8) is 0 Å². The van der Waals surface area contributed by atoms with Crippen LogP contribution in [-0.4, -0.2) is 39.0 Å². The highest BCUT2D eigenvalue weighted by Crippen LogP contribution is 2.39. The number of hydrogen-bond donors (Lipinski definition) is 1. The number of thioether (sulfide) groups is 1. The minimum atomic E-state index is -0.586. The Hall–Kier alpha value is -0.435. The van der Waals surface area contributed by atoms with Crippen molar-refractivity contribution in [2.45, 2.75) is 11.7 Å². The van der Waals surface area contributed by atoms with Crippen LogP contribution in [0.3, 0.4) is 0 Å². The first-order chi connectivity index (χ1) is 8.59. The van der Waals surface area contributed by atoms with Gasteiger partial charge in [-0.2, -0.15) is 5.10 Å². The Kier molecular flexibility index (Phi) is 3.21. The summed E-state index contributed by atoms with van der Waals surface area (Å²) >= 11 is 11.4. The van der Waals surface area contributed by atoms with Crippen LogP contribution in [0, 0.1) is 0 Å². The van der Waals surface area contributed by atoms with Gasteiger partial charge in [-0.15, -0.1) is 11.8 Å². The molecule has 9 heteroatoms. The summed E-state index contributed by atoms with van der Waals surface area (Å²) in [5, 5.41) is 14.5. The molecule has 0 saturated heterocycles. The van der Waals surface area contributed by atoms with Crippen LogP contribution in [0.1, 0.15) is 0 Å². The largest absolute Gasteiger partial charge is 0.432 e. The number of fused-ring (bicyclic) bond motifs is 2. The molecule has 2 aromatic heterocycles. The third kappa shape index (κ3) is 1.82. The van der Waals surface area contributed by atoms with Crippen molar-refractivity contribution in [3.8, 4) is 0 Å². The zero-order valence-electron chi connectivity index (χ0n) is 9.47. The van der Waals surface area contributed by atoms with E-state index < -0.39 is 7.05 Å². The lowest BCUT2D eigenvalue weighted by Crippen LogP contribution is -2.41. The predicted octanol–water partition coefficient (Wildman–Crippen LogP) is 2.17. The molecule has 0 unspecified atom stereocenters. The van der Waals surface area contributed by atoms with E-state index in [0.717, 1.165) is 27.5 Å². The maximum Gasteiger partial charge on any atom is 0.410 e. The smallest absolute Gasteiger partial charge is 0.410 e. The summed E-state index contributed by atoms with van der Waals surface area (Å²) in [6.45, 7) is 2.48. The van der Waals surface area contributed by atoms with Crippen LogP contribution in [0.5, 0.6) is 0 Å². The van der Waals surface area contributed by atoms with E-state index in [9.17, 15) is 5.02 Å². The second-order valence-corrected chi connectivity index (χ2v) is 6.27. The van der Waals surface area contributed by atoms with E-state index in [0.29, 0.717) is 10.8 Å². The van der Waals surface area contributed by atoms with Gasteiger partial charge in [0.15, 0.2) is 5.65 Å². The Labute approximate surface area is 122 Å². The molecule has 3 rings (SSSR count). The second kappa shape index (κ2) is 4.59. The average Bonchev–Trinajstić information content (AvgIpc) is 2.71. The van der Waals surface area contributed by atoms with Crippen LogP contribution < -0.4 is 4.81 Å². The monoisotopic (exact) mass is 346 g/mol. The first-order valence-electron chi connectivity index (χ1n) is 5.40.